The van der Waals surface area contributed by atoms with Crippen LogP contribution in [0.25, 0.3) is 0 Å². The van der Waals surface area contributed by atoms with E-state index < -0.39 is 21.5 Å². The van der Waals surface area contributed by atoms with Crippen LogP contribution in [0.1, 0.15) is 31.9 Å². The Morgan fingerprint density at radius 1 is 1.43 bits per heavy atom. The standard InChI is InChI=1S/C13H22N4O3S/c1-9(2)7-21(19,20)8-13(18)14-11-4-5-12-16-15-10(3)17(12)6-11/h9,11H,4-8H2,1-3H3,(H,14,18). The third-order valence-corrected chi connectivity index (χ3v) is 5.31. The number of aromatic nitrogens is 3. The highest BCUT2D eigenvalue weighted by molar-refractivity contribution is 7.92. The van der Waals surface area contributed by atoms with Crippen molar-refractivity contribution in [2.24, 2.45) is 5.92 Å². The molecule has 1 unspecified atom stereocenters. The van der Waals surface area contributed by atoms with Gasteiger partial charge in [-0.25, -0.2) is 8.42 Å². The lowest BCUT2D eigenvalue weighted by Crippen LogP contribution is -2.43. The zero-order valence-corrected chi connectivity index (χ0v) is 13.5. The number of nitrogens with one attached hydrogen (secondary N) is 1. The summed E-state index contributed by atoms with van der Waals surface area (Å²) in [5.74, 6) is 0.950. The largest absolute Gasteiger partial charge is 0.351 e. The van der Waals surface area contributed by atoms with Gasteiger partial charge in [0, 0.05) is 19.0 Å². The van der Waals surface area contributed by atoms with Crippen LogP contribution in [0.5, 0.6) is 0 Å². The normalized spacial score (nSPS) is 18.6. The minimum atomic E-state index is -3.33. The van der Waals surface area contributed by atoms with Gasteiger partial charge in [0.05, 0.1) is 5.75 Å². The predicted molar refractivity (Wildman–Crippen MR) is 78.5 cm³/mol. The van der Waals surface area contributed by atoms with Crippen LogP contribution in [0.2, 0.25) is 0 Å². The van der Waals surface area contributed by atoms with Crippen LogP contribution in [0.15, 0.2) is 0 Å². The molecule has 1 aliphatic heterocycles. The SMILES string of the molecule is Cc1nnc2n1CC(NC(=O)CS(=O)(=O)CC(C)C)CC2. The van der Waals surface area contributed by atoms with E-state index in [-0.39, 0.29) is 17.7 Å². The highest BCUT2D eigenvalue weighted by Gasteiger charge is 2.25. The molecule has 1 aliphatic rings. The van der Waals surface area contributed by atoms with E-state index in [9.17, 15) is 13.2 Å². The molecular formula is C13H22N4O3S. The molecule has 0 aromatic carbocycles. The maximum absolute atomic E-state index is 11.9. The molecule has 1 aromatic heterocycles. The van der Waals surface area contributed by atoms with E-state index in [1.807, 2.05) is 25.3 Å². The van der Waals surface area contributed by atoms with Crippen molar-refractivity contribution in [1.82, 2.24) is 20.1 Å². The maximum Gasteiger partial charge on any atom is 0.235 e. The fourth-order valence-electron chi connectivity index (χ4n) is 2.62. The van der Waals surface area contributed by atoms with E-state index in [1.54, 1.807) is 0 Å². The summed E-state index contributed by atoms with van der Waals surface area (Å²) in [6.45, 7) is 6.12. The van der Waals surface area contributed by atoms with Gasteiger partial charge in [-0.15, -0.1) is 10.2 Å². The molecule has 7 nitrogen and oxygen atoms in total. The van der Waals surface area contributed by atoms with Crippen molar-refractivity contribution in [2.75, 3.05) is 11.5 Å². The fourth-order valence-corrected chi connectivity index (χ4v) is 4.23. The maximum atomic E-state index is 11.9. The van der Waals surface area contributed by atoms with Gasteiger partial charge in [-0.3, -0.25) is 4.79 Å². The highest BCUT2D eigenvalue weighted by atomic mass is 32.2. The van der Waals surface area contributed by atoms with Gasteiger partial charge < -0.3 is 9.88 Å². The molecule has 2 rings (SSSR count). The molecule has 2 heterocycles. The Morgan fingerprint density at radius 3 is 2.81 bits per heavy atom. The first-order valence-electron chi connectivity index (χ1n) is 7.15. The Bertz CT molecular complexity index is 621. The molecule has 8 heteroatoms. The molecule has 0 saturated carbocycles. The van der Waals surface area contributed by atoms with Gasteiger partial charge in [0.15, 0.2) is 9.84 Å². The molecule has 1 aromatic rings. The smallest absolute Gasteiger partial charge is 0.235 e. The van der Waals surface area contributed by atoms with Crippen molar-refractivity contribution < 1.29 is 13.2 Å². The molecule has 0 bridgehead atoms. The van der Waals surface area contributed by atoms with Crippen molar-refractivity contribution in [3.8, 4) is 0 Å². The van der Waals surface area contributed by atoms with Crippen molar-refractivity contribution in [3.63, 3.8) is 0 Å². The number of amides is 1. The summed E-state index contributed by atoms with van der Waals surface area (Å²) in [7, 11) is -3.33. The van der Waals surface area contributed by atoms with Crippen LogP contribution in [-0.4, -0.2) is 46.6 Å². The van der Waals surface area contributed by atoms with E-state index in [2.05, 4.69) is 15.5 Å². The van der Waals surface area contributed by atoms with Crippen LogP contribution >= 0.6 is 0 Å². The van der Waals surface area contributed by atoms with Crippen molar-refractivity contribution in [3.05, 3.63) is 11.6 Å². The number of rotatable bonds is 5. The van der Waals surface area contributed by atoms with Crippen LogP contribution in [0.3, 0.4) is 0 Å². The summed E-state index contributed by atoms with van der Waals surface area (Å²) in [6.07, 6.45) is 1.50. The van der Waals surface area contributed by atoms with E-state index in [1.165, 1.54) is 0 Å². The minimum absolute atomic E-state index is 0.0275. The summed E-state index contributed by atoms with van der Waals surface area (Å²) in [5, 5.41) is 10.9. The number of aryl methyl sites for hydroxylation is 2. The predicted octanol–water partition coefficient (Wildman–Crippen LogP) is 0.0883. The zero-order valence-electron chi connectivity index (χ0n) is 12.7. The Hall–Kier alpha value is -1.44. The van der Waals surface area contributed by atoms with Crippen molar-refractivity contribution in [1.29, 1.82) is 0 Å². The highest BCUT2D eigenvalue weighted by Crippen LogP contribution is 2.14. The van der Waals surface area contributed by atoms with Gasteiger partial charge in [0.1, 0.15) is 17.4 Å². The Morgan fingerprint density at radius 2 is 2.14 bits per heavy atom. The van der Waals surface area contributed by atoms with Gasteiger partial charge >= 0.3 is 0 Å². The number of sulfone groups is 1. The first kappa shape index (κ1) is 15.9. The lowest BCUT2D eigenvalue weighted by atomic mass is 10.1. The zero-order chi connectivity index (χ0) is 15.6. The molecule has 0 aliphatic carbocycles. The van der Waals surface area contributed by atoms with Crippen molar-refractivity contribution in [2.45, 2.75) is 46.2 Å². The van der Waals surface area contributed by atoms with Gasteiger partial charge in [-0.1, -0.05) is 13.8 Å². The molecule has 118 valence electrons. The van der Waals surface area contributed by atoms with Crippen LogP contribution in [0, 0.1) is 12.8 Å². The second kappa shape index (κ2) is 6.13. The number of carbonyl (C=O) groups excluding carboxylic acids is 1. The van der Waals surface area contributed by atoms with E-state index >= 15 is 0 Å². The Labute approximate surface area is 125 Å². The molecule has 0 saturated heterocycles. The summed E-state index contributed by atoms with van der Waals surface area (Å²) in [4.78, 5) is 11.9. The lowest BCUT2D eigenvalue weighted by molar-refractivity contribution is -0.119. The van der Waals surface area contributed by atoms with Gasteiger partial charge in [0.25, 0.3) is 0 Å². The lowest BCUT2D eigenvalue weighted by Gasteiger charge is -2.24. The van der Waals surface area contributed by atoms with Gasteiger partial charge in [0.2, 0.25) is 5.91 Å². The van der Waals surface area contributed by atoms with Crippen LogP contribution < -0.4 is 5.32 Å². The number of nitrogens with zero attached hydrogens (tertiary/aromatic N) is 3. The first-order valence-corrected chi connectivity index (χ1v) is 8.97. The molecule has 21 heavy (non-hydrogen) atoms. The summed E-state index contributed by atoms with van der Waals surface area (Å²) in [5.41, 5.74) is 0. The number of hydrogen-bond donors (Lipinski definition) is 1. The van der Waals surface area contributed by atoms with Crippen molar-refractivity contribution >= 4 is 15.7 Å². The average molecular weight is 314 g/mol. The van der Waals surface area contributed by atoms with E-state index in [0.717, 1.165) is 24.5 Å². The number of carbonyl (C=O) groups is 1. The topological polar surface area (TPSA) is 93.9 Å². The quantitative estimate of drug-likeness (QED) is 0.831. The number of hydrogen-bond acceptors (Lipinski definition) is 5. The second-order valence-electron chi connectivity index (χ2n) is 6.03. The van der Waals surface area contributed by atoms with Crippen LogP contribution in [0.4, 0.5) is 0 Å². The fraction of sp³-hybridized carbons (Fsp3) is 0.769. The monoisotopic (exact) mass is 314 g/mol. The third-order valence-electron chi connectivity index (χ3n) is 3.44. The Balaban J connectivity index is 1.91. The number of fused-ring (bicyclic) bond motifs is 1. The van der Waals surface area contributed by atoms with E-state index in [4.69, 9.17) is 0 Å². The van der Waals surface area contributed by atoms with E-state index in [0.29, 0.717) is 6.54 Å². The average Bonchev–Trinajstić information content (AvgIpc) is 2.68. The molecular weight excluding hydrogens is 292 g/mol. The first-order chi connectivity index (χ1) is 9.77. The molecule has 1 atom stereocenters. The Kier molecular flexibility index (Phi) is 4.65. The van der Waals surface area contributed by atoms with Gasteiger partial charge in [-0.05, 0) is 19.3 Å². The minimum Gasteiger partial charge on any atom is -0.351 e. The second-order valence-corrected chi connectivity index (χ2v) is 8.13. The van der Waals surface area contributed by atoms with Gasteiger partial charge in [-0.2, -0.15) is 0 Å². The van der Waals surface area contributed by atoms with Crippen LogP contribution in [-0.2, 0) is 27.6 Å². The summed E-state index contributed by atoms with van der Waals surface area (Å²) in [6, 6.07) is -0.0612. The third kappa shape index (κ3) is 4.26. The molecule has 0 spiro atoms. The molecule has 1 amide bonds. The molecule has 0 radical (unpaired) electrons. The summed E-state index contributed by atoms with van der Waals surface area (Å²) < 4.78 is 25.6. The summed E-state index contributed by atoms with van der Waals surface area (Å²) >= 11 is 0. The molecule has 1 N–H and O–H groups in total. The molecule has 0 fully saturated rings.